The van der Waals surface area contributed by atoms with Gasteiger partial charge >= 0.3 is 23.5 Å². The lowest BCUT2D eigenvalue weighted by atomic mass is 9.98. The fraction of sp³-hybridized carbons (Fsp3) is 0.625. The molecule has 2 unspecified atom stereocenters. The lowest BCUT2D eigenvalue weighted by molar-refractivity contribution is -0.0561. The number of aromatic nitrogens is 3. The Hall–Kier alpha value is -1.52. The Kier molecular flexibility index (Phi) is 8.87. The average molecular weight is 593 g/mol. The van der Waals surface area contributed by atoms with E-state index < -0.39 is 54.2 Å². The van der Waals surface area contributed by atoms with Gasteiger partial charge < -0.3 is 25.9 Å². The number of phosphoric ester groups is 2. The van der Waals surface area contributed by atoms with Crippen molar-refractivity contribution >= 4 is 46.3 Å². The third-order valence-electron chi connectivity index (χ3n) is 5.28. The summed E-state index contributed by atoms with van der Waals surface area (Å²) in [4.78, 5) is 7.89. The monoisotopic (exact) mass is 593 g/mol. The average Bonchev–Trinajstić information content (AvgIpc) is 3.36. The van der Waals surface area contributed by atoms with Crippen molar-refractivity contribution in [1.29, 1.82) is 0 Å². The van der Waals surface area contributed by atoms with Gasteiger partial charge in [-0.25, -0.2) is 18.1 Å². The summed E-state index contributed by atoms with van der Waals surface area (Å²) in [7, 11) is -10.7. The summed E-state index contributed by atoms with van der Waals surface area (Å²) in [6.07, 6.45) is -3.34. The summed E-state index contributed by atoms with van der Waals surface area (Å²) in [5, 5.41) is 11.0. The van der Waals surface area contributed by atoms with Crippen LogP contribution in [0.5, 0.6) is 0 Å². The summed E-state index contributed by atoms with van der Waals surface area (Å²) < 4.78 is 93.1. The van der Waals surface area contributed by atoms with Crippen molar-refractivity contribution in [2.45, 2.75) is 31.0 Å². The van der Waals surface area contributed by atoms with Crippen LogP contribution in [0.2, 0.25) is 0 Å². The highest BCUT2D eigenvalue weighted by atomic mass is 31.3. The number of aliphatic hydroxyl groups is 1. The number of phosphoric acid groups is 3. The number of hydrogen-bond acceptors (Lipinski definition) is 16. The van der Waals surface area contributed by atoms with Crippen LogP contribution in [0.3, 0.4) is 0 Å². The zero-order chi connectivity index (χ0) is 27.8. The number of hydrogen-bond donors (Lipinski definition) is 3. The molecule has 1 aliphatic heterocycles. The predicted octanol–water partition coefficient (Wildman–Crippen LogP) is 2.54. The number of nitrogen functional groups attached to an aromatic ring is 2. The number of fused-ring (bicyclic) bond motifs is 1. The summed E-state index contributed by atoms with van der Waals surface area (Å²) in [5.74, 6) is -0.117. The molecule has 1 fully saturated rings. The second-order valence-corrected chi connectivity index (χ2v) is 13.3. The van der Waals surface area contributed by atoms with Crippen LogP contribution in [0.4, 0.5) is 16.2 Å². The molecule has 37 heavy (non-hydrogen) atoms. The largest absolute Gasteiger partial charge is 0.492 e. The number of ether oxygens (including phenoxy) is 1. The molecular formula is C16H27FN5O12P3. The molecule has 0 radical (unpaired) electrons. The number of anilines is 2. The summed E-state index contributed by atoms with van der Waals surface area (Å²) in [5.41, 5.74) is 9.19. The SMILES string of the molecule is COP(=O)(OC)OP(=O)(OC)OP(=O)(OC)OC[C@H]1O[C@@H](n2ccc3c(N)nc(N)nc32)[C@](C)(F)[C@@H]1O. The first-order chi connectivity index (χ1) is 17.2. The molecule has 0 aliphatic carbocycles. The van der Waals surface area contributed by atoms with Crippen LogP contribution in [-0.2, 0) is 49.7 Å². The molecule has 0 bridgehead atoms. The number of aliphatic hydroxyl groups excluding tert-OH is 1. The van der Waals surface area contributed by atoms with E-state index in [1.165, 1.54) is 16.8 Å². The normalized spacial score (nSPS) is 27.8. The molecule has 210 valence electrons. The lowest BCUT2D eigenvalue weighted by Crippen LogP contribution is -2.40. The maximum atomic E-state index is 15.7. The molecule has 3 heterocycles. The second-order valence-electron chi connectivity index (χ2n) is 7.58. The number of alkyl halides is 1. The van der Waals surface area contributed by atoms with E-state index in [1.807, 2.05) is 0 Å². The lowest BCUT2D eigenvalue weighted by Gasteiger charge is -2.25. The van der Waals surface area contributed by atoms with E-state index in [9.17, 15) is 18.8 Å². The van der Waals surface area contributed by atoms with Gasteiger partial charge in [0, 0.05) is 34.6 Å². The van der Waals surface area contributed by atoms with Crippen LogP contribution in [-0.4, -0.2) is 72.6 Å². The summed E-state index contributed by atoms with van der Waals surface area (Å²) in [6.45, 7) is 0.269. The van der Waals surface area contributed by atoms with Crippen LogP contribution >= 0.6 is 23.5 Å². The third kappa shape index (κ3) is 6.06. The first kappa shape index (κ1) is 30.0. The molecule has 21 heteroatoms. The molecule has 2 aromatic rings. The smallest absolute Gasteiger partial charge is 0.387 e. The van der Waals surface area contributed by atoms with Gasteiger partial charge in [0.15, 0.2) is 11.9 Å². The van der Waals surface area contributed by atoms with Gasteiger partial charge in [-0.15, -0.1) is 0 Å². The highest BCUT2D eigenvalue weighted by Gasteiger charge is 2.56. The molecule has 2 aromatic heterocycles. The minimum absolute atomic E-state index is 0.0507. The van der Waals surface area contributed by atoms with Crippen molar-refractivity contribution in [2.24, 2.45) is 0 Å². The fourth-order valence-electron chi connectivity index (χ4n) is 3.36. The number of nitrogens with two attached hydrogens (primary N) is 2. The third-order valence-corrected chi connectivity index (χ3v) is 10.7. The standard InChI is InChI=1S/C16H27FN5O12P3/c1-16(17)11(23)10(32-14(16)22-7-6-9-12(18)20-15(19)21-13(9)22)8-31-36(25,29-4)34-37(26,30-5)33-35(24,27-2)28-3/h6-7,10-11,14,23H,8H2,1-5H3,(H4,18,19,20,21)/t10-,11-,14-,16-,36?,37?/m1/s1. The number of halogens is 1. The van der Waals surface area contributed by atoms with Crippen LogP contribution < -0.4 is 11.5 Å². The van der Waals surface area contributed by atoms with Gasteiger partial charge in [0.2, 0.25) is 5.95 Å². The van der Waals surface area contributed by atoms with Gasteiger partial charge in [0.05, 0.1) is 12.0 Å². The maximum Gasteiger partial charge on any atom is 0.492 e. The van der Waals surface area contributed by atoms with Crippen molar-refractivity contribution < 1.29 is 59.2 Å². The van der Waals surface area contributed by atoms with Crippen LogP contribution in [0, 0.1) is 0 Å². The number of nitrogens with zero attached hydrogens (tertiary/aromatic N) is 3. The quantitative estimate of drug-likeness (QED) is 0.300. The first-order valence-electron chi connectivity index (χ1n) is 10.2. The molecule has 0 saturated carbocycles. The van der Waals surface area contributed by atoms with E-state index in [-0.39, 0.29) is 17.4 Å². The van der Waals surface area contributed by atoms with E-state index in [1.54, 1.807) is 0 Å². The molecule has 3 rings (SSSR count). The maximum absolute atomic E-state index is 15.7. The van der Waals surface area contributed by atoms with Gasteiger partial charge in [0.1, 0.15) is 23.7 Å². The Morgan fingerprint density at radius 2 is 1.62 bits per heavy atom. The van der Waals surface area contributed by atoms with E-state index in [2.05, 4.69) is 32.4 Å². The van der Waals surface area contributed by atoms with Gasteiger partial charge in [-0.3, -0.25) is 22.6 Å². The highest BCUT2D eigenvalue weighted by Crippen LogP contribution is 2.72. The van der Waals surface area contributed by atoms with E-state index >= 15 is 4.39 Å². The van der Waals surface area contributed by atoms with Crippen molar-refractivity contribution in [1.82, 2.24) is 14.5 Å². The molecule has 6 atom stereocenters. The van der Waals surface area contributed by atoms with E-state index in [0.29, 0.717) is 5.39 Å². The van der Waals surface area contributed by atoms with Crippen molar-refractivity contribution in [3.8, 4) is 0 Å². The Balaban J connectivity index is 1.80. The van der Waals surface area contributed by atoms with Crippen molar-refractivity contribution in [3.05, 3.63) is 12.3 Å². The molecule has 5 N–H and O–H groups in total. The Morgan fingerprint density at radius 1 is 1.05 bits per heavy atom. The Labute approximate surface area is 210 Å². The molecule has 1 saturated heterocycles. The molecule has 0 aromatic carbocycles. The van der Waals surface area contributed by atoms with Crippen LogP contribution in [0.1, 0.15) is 13.2 Å². The van der Waals surface area contributed by atoms with Crippen LogP contribution in [0.15, 0.2) is 12.3 Å². The van der Waals surface area contributed by atoms with E-state index in [0.717, 1.165) is 35.4 Å². The van der Waals surface area contributed by atoms with Crippen molar-refractivity contribution in [3.63, 3.8) is 0 Å². The number of rotatable bonds is 12. The summed E-state index contributed by atoms with van der Waals surface area (Å²) in [6, 6.07) is 1.51. The molecule has 1 aliphatic rings. The van der Waals surface area contributed by atoms with Crippen LogP contribution in [0.25, 0.3) is 11.0 Å². The predicted molar refractivity (Wildman–Crippen MR) is 125 cm³/mol. The second kappa shape index (κ2) is 10.9. The topological polar surface area (TPSA) is 228 Å². The molecule has 17 nitrogen and oxygen atoms in total. The minimum atomic E-state index is -4.93. The zero-order valence-electron chi connectivity index (χ0n) is 20.2. The van der Waals surface area contributed by atoms with Gasteiger partial charge in [-0.05, 0) is 13.0 Å². The zero-order valence-corrected chi connectivity index (χ0v) is 22.9. The summed E-state index contributed by atoms with van der Waals surface area (Å²) >= 11 is 0. The fourth-order valence-corrected chi connectivity index (χ4v) is 7.81. The molecule has 0 spiro atoms. The van der Waals surface area contributed by atoms with Gasteiger partial charge in [-0.2, -0.15) is 18.6 Å². The van der Waals surface area contributed by atoms with E-state index in [4.69, 9.17) is 25.0 Å². The Bertz CT molecular complexity index is 1270. The van der Waals surface area contributed by atoms with Crippen molar-refractivity contribution in [2.75, 3.05) is 46.5 Å². The van der Waals surface area contributed by atoms with Gasteiger partial charge in [0.25, 0.3) is 0 Å². The minimum Gasteiger partial charge on any atom is -0.387 e. The Morgan fingerprint density at radius 3 is 2.19 bits per heavy atom. The first-order valence-corrected chi connectivity index (χ1v) is 14.6. The highest BCUT2D eigenvalue weighted by molar-refractivity contribution is 7.67. The molecular weight excluding hydrogens is 566 g/mol. The van der Waals surface area contributed by atoms with Gasteiger partial charge in [-0.1, -0.05) is 0 Å². The molecule has 0 amide bonds.